The molecule has 0 radical (unpaired) electrons. The topological polar surface area (TPSA) is 29.5 Å². The van der Waals surface area contributed by atoms with Crippen molar-refractivity contribution in [1.29, 1.82) is 0 Å². The minimum absolute atomic E-state index is 0.311. The molecule has 2 rings (SSSR count). The Morgan fingerprint density at radius 3 is 2.50 bits per heavy atom. The van der Waals surface area contributed by atoms with E-state index in [1.54, 1.807) is 6.92 Å². The zero-order valence-corrected chi connectivity index (χ0v) is 12.4. The number of benzene rings is 1. The summed E-state index contributed by atoms with van der Waals surface area (Å²) in [5.41, 5.74) is 0.869. The number of aliphatic hydroxyl groups is 1. The van der Waals surface area contributed by atoms with E-state index >= 15 is 0 Å². The van der Waals surface area contributed by atoms with Gasteiger partial charge in [-0.2, -0.15) is 0 Å². The molecule has 0 bridgehead atoms. The van der Waals surface area contributed by atoms with Crippen molar-refractivity contribution < 1.29 is 9.84 Å². The van der Waals surface area contributed by atoms with Crippen molar-refractivity contribution >= 4 is 15.9 Å². The highest BCUT2D eigenvalue weighted by Crippen LogP contribution is 2.31. The van der Waals surface area contributed by atoms with E-state index in [9.17, 15) is 5.11 Å². The number of hydrogen-bond donors (Lipinski definition) is 1. The summed E-state index contributed by atoms with van der Waals surface area (Å²) in [6.45, 7) is 1.78. The number of aliphatic hydroxyl groups excluding tert-OH is 1. The van der Waals surface area contributed by atoms with Crippen molar-refractivity contribution in [3.63, 3.8) is 0 Å². The quantitative estimate of drug-likeness (QED) is 0.826. The lowest BCUT2D eigenvalue weighted by Gasteiger charge is -2.20. The van der Waals surface area contributed by atoms with Crippen LogP contribution in [0.25, 0.3) is 0 Å². The highest BCUT2D eigenvalue weighted by molar-refractivity contribution is 9.10. The van der Waals surface area contributed by atoms with Gasteiger partial charge in [-0.15, -0.1) is 0 Å². The Bertz CT molecular complexity index is 382. The van der Waals surface area contributed by atoms with E-state index in [0.717, 1.165) is 28.6 Å². The van der Waals surface area contributed by atoms with Gasteiger partial charge in [-0.05, 0) is 50.8 Å². The maximum atomic E-state index is 9.81. The molecule has 0 saturated heterocycles. The molecule has 0 aromatic heterocycles. The van der Waals surface area contributed by atoms with Gasteiger partial charge in [0.25, 0.3) is 0 Å². The fourth-order valence-electron chi connectivity index (χ4n) is 2.49. The van der Waals surface area contributed by atoms with E-state index in [-0.39, 0.29) is 0 Å². The van der Waals surface area contributed by atoms with Gasteiger partial charge in [0.05, 0.1) is 12.2 Å². The fraction of sp³-hybridized carbons (Fsp3) is 0.600. The van der Waals surface area contributed by atoms with E-state index in [1.165, 1.54) is 25.7 Å². The van der Waals surface area contributed by atoms with Crippen LogP contribution in [-0.2, 0) is 0 Å². The van der Waals surface area contributed by atoms with Crippen LogP contribution in [0.1, 0.15) is 57.1 Å². The van der Waals surface area contributed by atoms with Gasteiger partial charge in [-0.1, -0.05) is 28.8 Å². The molecule has 18 heavy (non-hydrogen) atoms. The molecular formula is C15H21BrO2. The van der Waals surface area contributed by atoms with Crippen molar-refractivity contribution in [3.05, 3.63) is 28.2 Å². The maximum absolute atomic E-state index is 9.81. The molecule has 0 aliphatic heterocycles. The first-order chi connectivity index (χ1) is 8.66. The summed E-state index contributed by atoms with van der Waals surface area (Å²) >= 11 is 3.44. The Hall–Kier alpha value is -0.540. The lowest BCUT2D eigenvalue weighted by molar-refractivity contribution is 0.161. The molecule has 1 aliphatic carbocycles. The van der Waals surface area contributed by atoms with Crippen LogP contribution < -0.4 is 4.74 Å². The van der Waals surface area contributed by atoms with E-state index < -0.39 is 6.10 Å². The zero-order valence-electron chi connectivity index (χ0n) is 10.9. The molecule has 0 heterocycles. The molecule has 0 amide bonds. The van der Waals surface area contributed by atoms with Crippen molar-refractivity contribution in [2.75, 3.05) is 0 Å². The highest BCUT2D eigenvalue weighted by atomic mass is 79.9. The summed E-state index contributed by atoms with van der Waals surface area (Å²) in [6.07, 6.45) is 7.24. The smallest absolute Gasteiger partial charge is 0.125 e. The van der Waals surface area contributed by atoms with Gasteiger partial charge in [0, 0.05) is 10.0 Å². The predicted molar refractivity (Wildman–Crippen MR) is 76.9 cm³/mol. The zero-order chi connectivity index (χ0) is 13.0. The second-order valence-corrected chi connectivity index (χ2v) is 6.01. The third-order valence-electron chi connectivity index (χ3n) is 3.52. The van der Waals surface area contributed by atoms with Crippen molar-refractivity contribution in [2.45, 2.75) is 57.7 Å². The Kier molecular flexibility index (Phi) is 5.07. The Morgan fingerprint density at radius 2 is 1.89 bits per heavy atom. The van der Waals surface area contributed by atoms with Crippen LogP contribution in [0.4, 0.5) is 0 Å². The summed E-state index contributed by atoms with van der Waals surface area (Å²) in [5, 5.41) is 9.81. The molecule has 0 spiro atoms. The second kappa shape index (κ2) is 6.58. The lowest BCUT2D eigenvalue weighted by Crippen LogP contribution is -2.16. The summed E-state index contributed by atoms with van der Waals surface area (Å²) < 4.78 is 7.08. The van der Waals surface area contributed by atoms with Gasteiger partial charge >= 0.3 is 0 Å². The van der Waals surface area contributed by atoms with Gasteiger partial charge in [-0.3, -0.25) is 0 Å². The van der Waals surface area contributed by atoms with Gasteiger partial charge in [0.1, 0.15) is 5.75 Å². The fourth-order valence-corrected chi connectivity index (χ4v) is 2.87. The van der Waals surface area contributed by atoms with Crippen molar-refractivity contribution in [2.24, 2.45) is 0 Å². The van der Waals surface area contributed by atoms with Crippen LogP contribution in [0.5, 0.6) is 5.75 Å². The lowest BCUT2D eigenvalue weighted by atomic mass is 10.1. The molecule has 2 nitrogen and oxygen atoms in total. The van der Waals surface area contributed by atoms with E-state index in [0.29, 0.717) is 6.10 Å². The predicted octanol–water partition coefficient (Wildman–Crippen LogP) is 4.60. The van der Waals surface area contributed by atoms with E-state index in [2.05, 4.69) is 15.9 Å². The summed E-state index contributed by atoms with van der Waals surface area (Å²) in [7, 11) is 0. The monoisotopic (exact) mass is 312 g/mol. The minimum atomic E-state index is -0.497. The normalized spacial score (nSPS) is 19.3. The largest absolute Gasteiger partial charge is 0.490 e. The molecule has 1 aromatic carbocycles. The molecule has 1 saturated carbocycles. The summed E-state index contributed by atoms with van der Waals surface area (Å²) in [5.74, 6) is 0.833. The van der Waals surface area contributed by atoms with Crippen LogP contribution in [0, 0.1) is 0 Å². The molecule has 100 valence electrons. The third kappa shape index (κ3) is 3.72. The van der Waals surface area contributed by atoms with Gasteiger partial charge in [0.2, 0.25) is 0 Å². The molecule has 3 heteroatoms. The highest BCUT2D eigenvalue weighted by Gasteiger charge is 2.17. The Labute approximate surface area is 117 Å². The Balaban J connectivity index is 2.12. The van der Waals surface area contributed by atoms with Crippen LogP contribution in [0.3, 0.4) is 0 Å². The van der Waals surface area contributed by atoms with Crippen molar-refractivity contribution in [1.82, 2.24) is 0 Å². The molecule has 1 fully saturated rings. The van der Waals surface area contributed by atoms with Crippen LogP contribution in [0.2, 0.25) is 0 Å². The van der Waals surface area contributed by atoms with Crippen molar-refractivity contribution in [3.8, 4) is 5.75 Å². The second-order valence-electron chi connectivity index (χ2n) is 5.09. The number of rotatable bonds is 3. The van der Waals surface area contributed by atoms with Crippen LogP contribution >= 0.6 is 15.9 Å². The first-order valence-corrected chi connectivity index (χ1v) is 7.60. The van der Waals surface area contributed by atoms with E-state index in [4.69, 9.17) is 4.74 Å². The molecule has 1 aliphatic rings. The standard InChI is InChI=1S/C15H21BrO2/c1-11(17)14-10-12(16)8-9-15(14)18-13-6-4-2-3-5-7-13/h8-11,13,17H,2-7H2,1H3/t11-/m0/s1. The average molecular weight is 313 g/mol. The van der Waals surface area contributed by atoms with Crippen LogP contribution in [0.15, 0.2) is 22.7 Å². The minimum Gasteiger partial charge on any atom is -0.490 e. The third-order valence-corrected chi connectivity index (χ3v) is 4.01. The number of hydrogen-bond acceptors (Lipinski definition) is 2. The van der Waals surface area contributed by atoms with Gasteiger partial charge in [0.15, 0.2) is 0 Å². The molecule has 1 N–H and O–H groups in total. The summed E-state index contributed by atoms with van der Waals surface area (Å²) in [4.78, 5) is 0. The molecular weight excluding hydrogens is 292 g/mol. The molecule has 1 atom stereocenters. The molecule has 1 aromatic rings. The first kappa shape index (κ1) is 13.9. The number of halogens is 1. The van der Waals surface area contributed by atoms with Crippen LogP contribution in [-0.4, -0.2) is 11.2 Å². The number of ether oxygens (including phenoxy) is 1. The van der Waals surface area contributed by atoms with Gasteiger partial charge in [-0.25, -0.2) is 0 Å². The maximum Gasteiger partial charge on any atom is 0.125 e. The summed E-state index contributed by atoms with van der Waals surface area (Å²) in [6, 6.07) is 5.87. The Morgan fingerprint density at radius 1 is 1.22 bits per heavy atom. The molecule has 0 unspecified atom stereocenters. The SMILES string of the molecule is C[C@H](O)c1cc(Br)ccc1OC1CCCCCC1. The van der Waals surface area contributed by atoms with Gasteiger partial charge < -0.3 is 9.84 Å². The first-order valence-electron chi connectivity index (χ1n) is 6.81. The average Bonchev–Trinajstić information content (AvgIpc) is 2.60. The van der Waals surface area contributed by atoms with E-state index in [1.807, 2.05) is 18.2 Å².